The molecule has 0 spiro atoms. The predicted octanol–water partition coefficient (Wildman–Crippen LogP) is 3.41. The summed E-state index contributed by atoms with van der Waals surface area (Å²) in [5, 5.41) is 0. The van der Waals surface area contributed by atoms with Crippen molar-refractivity contribution in [3.05, 3.63) is 12.2 Å². The van der Waals surface area contributed by atoms with Crippen molar-refractivity contribution in [1.29, 1.82) is 0 Å². The molecule has 0 heterocycles. The fraction of sp³-hybridized carbons (Fsp3) is 0.857. The van der Waals surface area contributed by atoms with Gasteiger partial charge in [0.2, 0.25) is 0 Å². The van der Waals surface area contributed by atoms with Crippen molar-refractivity contribution in [2.24, 2.45) is 0 Å². The normalized spacial score (nSPS) is 13.5. The van der Waals surface area contributed by atoms with E-state index >= 15 is 0 Å². The lowest BCUT2D eigenvalue weighted by Gasteiger charge is -2.28. The molecular formula is C14H30O4Si. The van der Waals surface area contributed by atoms with Crippen molar-refractivity contribution in [2.75, 3.05) is 26.4 Å². The van der Waals surface area contributed by atoms with Crippen molar-refractivity contribution in [3.8, 4) is 0 Å². The van der Waals surface area contributed by atoms with E-state index in [2.05, 4.69) is 6.58 Å². The van der Waals surface area contributed by atoms with Crippen molar-refractivity contribution in [3.63, 3.8) is 0 Å². The van der Waals surface area contributed by atoms with Crippen LogP contribution in [0.15, 0.2) is 12.2 Å². The van der Waals surface area contributed by atoms with Crippen LogP contribution in [0, 0.1) is 0 Å². The largest absolute Gasteiger partial charge is 0.501 e. The van der Waals surface area contributed by atoms with E-state index in [1.807, 2.05) is 34.6 Å². The topological polar surface area (TPSA) is 36.9 Å². The Morgan fingerprint density at radius 1 is 1.05 bits per heavy atom. The summed E-state index contributed by atoms with van der Waals surface area (Å²) in [5.74, 6) is 0. The van der Waals surface area contributed by atoms with Crippen LogP contribution in [-0.4, -0.2) is 41.3 Å². The van der Waals surface area contributed by atoms with Gasteiger partial charge in [-0.25, -0.2) is 0 Å². The van der Waals surface area contributed by atoms with Gasteiger partial charge in [-0.15, -0.1) is 0 Å². The second-order valence-corrected chi connectivity index (χ2v) is 7.18. The van der Waals surface area contributed by atoms with Gasteiger partial charge in [-0.3, -0.25) is 0 Å². The molecule has 4 nitrogen and oxygen atoms in total. The Bertz CT molecular complexity index is 229. The molecule has 0 aromatic rings. The van der Waals surface area contributed by atoms with E-state index in [-0.39, 0.29) is 6.10 Å². The molecule has 0 saturated heterocycles. The van der Waals surface area contributed by atoms with Gasteiger partial charge >= 0.3 is 8.80 Å². The Labute approximate surface area is 119 Å². The van der Waals surface area contributed by atoms with E-state index in [0.29, 0.717) is 26.4 Å². The summed E-state index contributed by atoms with van der Waals surface area (Å²) in [6, 6.07) is 0.797. The first-order valence-electron chi connectivity index (χ1n) is 7.20. The van der Waals surface area contributed by atoms with Gasteiger partial charge in [0.05, 0.1) is 6.10 Å². The Hall–Kier alpha value is -0.203. The van der Waals surface area contributed by atoms with Crippen LogP contribution in [0.3, 0.4) is 0 Å². The van der Waals surface area contributed by atoms with E-state index in [0.717, 1.165) is 18.0 Å². The molecule has 0 amide bonds. The second kappa shape index (κ2) is 10.6. The highest BCUT2D eigenvalue weighted by Gasteiger charge is 2.39. The summed E-state index contributed by atoms with van der Waals surface area (Å²) in [6.07, 6.45) is 0.978. The fourth-order valence-corrected chi connectivity index (χ4v) is 4.27. The maximum absolute atomic E-state index is 5.79. The van der Waals surface area contributed by atoms with Crippen LogP contribution < -0.4 is 0 Å². The molecule has 0 aliphatic heterocycles. The molecule has 0 N–H and O–H groups in total. The zero-order valence-corrected chi connectivity index (χ0v) is 14.2. The van der Waals surface area contributed by atoms with Crippen LogP contribution in [0.4, 0.5) is 0 Å². The van der Waals surface area contributed by atoms with Gasteiger partial charge in [0.1, 0.15) is 0 Å². The third-order valence-electron chi connectivity index (χ3n) is 2.78. The maximum atomic E-state index is 5.79. The van der Waals surface area contributed by atoms with Gasteiger partial charge in [0, 0.05) is 32.5 Å². The second-order valence-electron chi connectivity index (χ2n) is 4.44. The van der Waals surface area contributed by atoms with E-state index in [1.54, 1.807) is 0 Å². The summed E-state index contributed by atoms with van der Waals surface area (Å²) in [7, 11) is -2.50. The first-order valence-corrected chi connectivity index (χ1v) is 9.13. The highest BCUT2D eigenvalue weighted by molar-refractivity contribution is 6.60. The van der Waals surface area contributed by atoms with Crippen molar-refractivity contribution in [2.45, 2.75) is 53.2 Å². The Kier molecular flexibility index (Phi) is 10.5. The van der Waals surface area contributed by atoms with Crippen molar-refractivity contribution in [1.82, 2.24) is 0 Å². The Balaban J connectivity index is 4.20. The standard InChI is InChI=1S/C14H30O4Si/c1-7-16-19(17-8-2,18-9-3)12-10-11-15-14(6)13(4)5/h14H,4,7-12H2,1-3,5-6H3. The molecule has 114 valence electrons. The highest BCUT2D eigenvalue weighted by Crippen LogP contribution is 2.18. The molecule has 5 heteroatoms. The Morgan fingerprint density at radius 2 is 1.53 bits per heavy atom. The highest BCUT2D eigenvalue weighted by atomic mass is 28.4. The van der Waals surface area contributed by atoms with E-state index in [9.17, 15) is 0 Å². The van der Waals surface area contributed by atoms with Crippen molar-refractivity contribution >= 4 is 8.80 Å². The molecule has 0 bridgehead atoms. The molecule has 1 unspecified atom stereocenters. The van der Waals surface area contributed by atoms with E-state index in [4.69, 9.17) is 18.0 Å². The zero-order valence-electron chi connectivity index (χ0n) is 13.2. The number of hydrogen-bond acceptors (Lipinski definition) is 4. The molecule has 0 aliphatic carbocycles. The molecule has 0 aliphatic rings. The quantitative estimate of drug-likeness (QED) is 0.313. The zero-order chi connectivity index (χ0) is 14.7. The van der Waals surface area contributed by atoms with Crippen LogP contribution >= 0.6 is 0 Å². The molecule has 0 aromatic heterocycles. The first-order chi connectivity index (χ1) is 9.01. The molecule has 0 saturated carbocycles. The van der Waals surface area contributed by atoms with Crippen LogP contribution in [0.25, 0.3) is 0 Å². The summed E-state index contributed by atoms with van der Waals surface area (Å²) in [4.78, 5) is 0. The monoisotopic (exact) mass is 290 g/mol. The van der Waals surface area contributed by atoms with Gasteiger partial charge in [0.15, 0.2) is 0 Å². The van der Waals surface area contributed by atoms with Crippen LogP contribution in [0.1, 0.15) is 41.0 Å². The smallest absolute Gasteiger partial charge is 0.374 e. The summed E-state index contributed by atoms with van der Waals surface area (Å²) >= 11 is 0. The third kappa shape index (κ3) is 7.84. The summed E-state index contributed by atoms with van der Waals surface area (Å²) < 4.78 is 23.0. The van der Waals surface area contributed by atoms with Gasteiger partial charge in [-0.1, -0.05) is 12.2 Å². The predicted molar refractivity (Wildman–Crippen MR) is 80.3 cm³/mol. The maximum Gasteiger partial charge on any atom is 0.501 e. The summed E-state index contributed by atoms with van der Waals surface area (Å²) in [6.45, 7) is 16.3. The lowest BCUT2D eigenvalue weighted by molar-refractivity contribution is 0.0599. The average molecular weight is 290 g/mol. The molecule has 0 rings (SSSR count). The lowest BCUT2D eigenvalue weighted by atomic mass is 10.2. The molecule has 19 heavy (non-hydrogen) atoms. The minimum absolute atomic E-state index is 0.0994. The fourth-order valence-electron chi connectivity index (χ4n) is 1.69. The lowest BCUT2D eigenvalue weighted by Crippen LogP contribution is -2.46. The number of ether oxygens (including phenoxy) is 1. The molecule has 0 radical (unpaired) electrons. The third-order valence-corrected chi connectivity index (χ3v) is 5.93. The first kappa shape index (κ1) is 18.8. The summed E-state index contributed by atoms with van der Waals surface area (Å²) in [5.41, 5.74) is 1.04. The average Bonchev–Trinajstić information content (AvgIpc) is 2.35. The van der Waals surface area contributed by atoms with E-state index < -0.39 is 8.80 Å². The van der Waals surface area contributed by atoms with Gasteiger partial charge < -0.3 is 18.0 Å². The minimum atomic E-state index is -2.50. The van der Waals surface area contributed by atoms with Crippen LogP contribution in [0.5, 0.6) is 0 Å². The van der Waals surface area contributed by atoms with Gasteiger partial charge in [-0.05, 0) is 41.0 Å². The Morgan fingerprint density at radius 3 is 1.89 bits per heavy atom. The minimum Gasteiger partial charge on any atom is -0.374 e. The molecule has 0 fully saturated rings. The number of rotatable bonds is 12. The van der Waals surface area contributed by atoms with Crippen molar-refractivity contribution < 1.29 is 18.0 Å². The van der Waals surface area contributed by atoms with Gasteiger partial charge in [0.25, 0.3) is 0 Å². The molecule has 0 aromatic carbocycles. The molecular weight excluding hydrogens is 260 g/mol. The van der Waals surface area contributed by atoms with Crippen LogP contribution in [0.2, 0.25) is 6.04 Å². The SMILES string of the molecule is C=C(C)C(C)OCCC[Si](OCC)(OCC)OCC. The van der Waals surface area contributed by atoms with E-state index in [1.165, 1.54) is 0 Å². The molecule has 1 atom stereocenters. The van der Waals surface area contributed by atoms with Gasteiger partial charge in [-0.2, -0.15) is 0 Å². The van der Waals surface area contributed by atoms with Crippen LogP contribution in [-0.2, 0) is 18.0 Å². The number of hydrogen-bond donors (Lipinski definition) is 0.